The number of hydrogen-bond donors (Lipinski definition) is 2. The van der Waals surface area contributed by atoms with Gasteiger partial charge in [0.1, 0.15) is 0 Å². The predicted molar refractivity (Wildman–Crippen MR) is 55.9 cm³/mol. The van der Waals surface area contributed by atoms with Gasteiger partial charge in [-0.3, -0.25) is 0 Å². The fraction of sp³-hybridized carbons (Fsp3) is 1.00. The molecule has 2 nitrogen and oxygen atoms in total. The highest BCUT2D eigenvalue weighted by molar-refractivity contribution is 4.81. The van der Waals surface area contributed by atoms with Crippen LogP contribution in [0, 0.1) is 5.92 Å². The summed E-state index contributed by atoms with van der Waals surface area (Å²) in [7, 11) is 0. The molecule has 0 unspecified atom stereocenters. The lowest BCUT2D eigenvalue weighted by molar-refractivity contribution is 0.308. The van der Waals surface area contributed by atoms with Crippen LogP contribution < -0.4 is 10.6 Å². The van der Waals surface area contributed by atoms with Gasteiger partial charge in [0.05, 0.1) is 0 Å². The van der Waals surface area contributed by atoms with Crippen molar-refractivity contribution in [3.05, 3.63) is 0 Å². The fourth-order valence-electron chi connectivity index (χ4n) is 2.40. The second-order valence-corrected chi connectivity index (χ2v) is 4.60. The van der Waals surface area contributed by atoms with Crippen molar-refractivity contribution in [2.45, 2.75) is 44.6 Å². The number of rotatable bonds is 4. The van der Waals surface area contributed by atoms with Crippen molar-refractivity contribution in [1.82, 2.24) is 10.6 Å². The van der Waals surface area contributed by atoms with E-state index in [0.717, 1.165) is 12.0 Å². The molecule has 2 fully saturated rings. The first-order valence-electron chi connectivity index (χ1n) is 5.89. The van der Waals surface area contributed by atoms with E-state index in [1.54, 1.807) is 0 Å². The van der Waals surface area contributed by atoms with E-state index in [-0.39, 0.29) is 0 Å². The summed E-state index contributed by atoms with van der Waals surface area (Å²) in [5.74, 6) is 1.04. The Bertz CT molecular complexity index is 137. The summed E-state index contributed by atoms with van der Waals surface area (Å²) >= 11 is 0. The minimum atomic E-state index is 0.781. The number of hydrogen-bond acceptors (Lipinski definition) is 2. The molecular formula is C11H22N2. The van der Waals surface area contributed by atoms with E-state index in [1.807, 2.05) is 0 Å². The van der Waals surface area contributed by atoms with E-state index < -0.39 is 0 Å². The topological polar surface area (TPSA) is 24.1 Å². The summed E-state index contributed by atoms with van der Waals surface area (Å²) in [6.07, 6.45) is 8.84. The molecule has 0 bridgehead atoms. The van der Waals surface area contributed by atoms with Crippen molar-refractivity contribution in [3.8, 4) is 0 Å². The molecule has 1 aliphatic heterocycles. The molecule has 13 heavy (non-hydrogen) atoms. The highest BCUT2D eigenvalue weighted by Gasteiger charge is 2.17. The molecule has 2 aliphatic rings. The quantitative estimate of drug-likeness (QED) is 0.689. The van der Waals surface area contributed by atoms with Gasteiger partial charge < -0.3 is 10.6 Å². The van der Waals surface area contributed by atoms with Gasteiger partial charge in [-0.15, -0.1) is 0 Å². The van der Waals surface area contributed by atoms with Crippen LogP contribution in [0.1, 0.15) is 38.5 Å². The molecule has 76 valence electrons. The Hall–Kier alpha value is -0.0800. The van der Waals surface area contributed by atoms with Crippen LogP contribution in [-0.2, 0) is 0 Å². The van der Waals surface area contributed by atoms with E-state index >= 15 is 0 Å². The first kappa shape index (κ1) is 9.47. The Morgan fingerprint density at radius 3 is 2.46 bits per heavy atom. The van der Waals surface area contributed by atoms with Gasteiger partial charge >= 0.3 is 0 Å². The van der Waals surface area contributed by atoms with Gasteiger partial charge in [-0.05, 0) is 18.9 Å². The van der Waals surface area contributed by atoms with E-state index in [9.17, 15) is 0 Å². The second-order valence-electron chi connectivity index (χ2n) is 4.60. The van der Waals surface area contributed by atoms with E-state index in [1.165, 1.54) is 58.2 Å². The zero-order valence-electron chi connectivity index (χ0n) is 8.52. The van der Waals surface area contributed by atoms with Gasteiger partial charge in [0.2, 0.25) is 0 Å². The molecule has 1 aliphatic carbocycles. The van der Waals surface area contributed by atoms with E-state index in [0.29, 0.717) is 0 Å². The van der Waals surface area contributed by atoms with Gasteiger partial charge in [-0.2, -0.15) is 0 Å². The smallest absolute Gasteiger partial charge is 0.0317 e. The summed E-state index contributed by atoms with van der Waals surface area (Å²) in [4.78, 5) is 0. The first-order chi connectivity index (χ1) is 6.45. The van der Waals surface area contributed by atoms with Gasteiger partial charge in [0.15, 0.2) is 0 Å². The standard InChI is InChI=1S/C11H22N2/c1-2-4-10(5-3-1)6-7-13-11-8-12-9-11/h10-13H,1-9H2. The van der Waals surface area contributed by atoms with Crippen molar-refractivity contribution in [3.63, 3.8) is 0 Å². The molecule has 1 saturated carbocycles. The molecule has 1 heterocycles. The van der Waals surface area contributed by atoms with Crippen molar-refractivity contribution < 1.29 is 0 Å². The molecule has 0 aromatic rings. The average Bonchev–Trinajstić information content (AvgIpc) is 2.11. The Balaban J connectivity index is 1.50. The molecule has 0 spiro atoms. The van der Waals surface area contributed by atoms with Gasteiger partial charge in [0.25, 0.3) is 0 Å². The Labute approximate surface area is 81.5 Å². The summed E-state index contributed by atoms with van der Waals surface area (Å²) in [6, 6.07) is 0.781. The minimum Gasteiger partial charge on any atom is -0.314 e. The SMILES string of the molecule is C1CCC(CCNC2CNC2)CC1. The summed E-state index contributed by atoms with van der Waals surface area (Å²) < 4.78 is 0. The molecular weight excluding hydrogens is 160 g/mol. The van der Waals surface area contributed by atoms with Crippen molar-refractivity contribution in [2.24, 2.45) is 5.92 Å². The van der Waals surface area contributed by atoms with Gasteiger partial charge in [-0.25, -0.2) is 0 Å². The van der Waals surface area contributed by atoms with Gasteiger partial charge in [-0.1, -0.05) is 32.1 Å². The molecule has 0 aromatic heterocycles. The van der Waals surface area contributed by atoms with Crippen LogP contribution in [0.25, 0.3) is 0 Å². The predicted octanol–water partition coefficient (Wildman–Crippen LogP) is 1.52. The lowest BCUT2D eigenvalue weighted by atomic mass is 9.87. The first-order valence-corrected chi connectivity index (χ1v) is 5.89. The Morgan fingerprint density at radius 1 is 1.08 bits per heavy atom. The molecule has 0 atom stereocenters. The zero-order chi connectivity index (χ0) is 8.93. The maximum atomic E-state index is 3.60. The zero-order valence-corrected chi connectivity index (χ0v) is 8.52. The van der Waals surface area contributed by atoms with Gasteiger partial charge in [0, 0.05) is 19.1 Å². The van der Waals surface area contributed by atoms with Crippen LogP contribution in [0.4, 0.5) is 0 Å². The van der Waals surface area contributed by atoms with Crippen LogP contribution in [0.5, 0.6) is 0 Å². The lowest BCUT2D eigenvalue weighted by Crippen LogP contribution is -2.55. The largest absolute Gasteiger partial charge is 0.314 e. The molecule has 0 aromatic carbocycles. The third-order valence-electron chi connectivity index (χ3n) is 3.49. The minimum absolute atomic E-state index is 0.781. The fourth-order valence-corrected chi connectivity index (χ4v) is 2.40. The van der Waals surface area contributed by atoms with Crippen LogP contribution in [-0.4, -0.2) is 25.7 Å². The maximum absolute atomic E-state index is 3.60. The monoisotopic (exact) mass is 182 g/mol. The normalized spacial score (nSPS) is 25.8. The molecule has 2 N–H and O–H groups in total. The molecule has 1 saturated heterocycles. The van der Waals surface area contributed by atoms with Crippen molar-refractivity contribution in [1.29, 1.82) is 0 Å². The van der Waals surface area contributed by atoms with Crippen molar-refractivity contribution in [2.75, 3.05) is 19.6 Å². The summed E-state index contributed by atoms with van der Waals surface area (Å²) in [6.45, 7) is 3.62. The molecule has 0 radical (unpaired) electrons. The third-order valence-corrected chi connectivity index (χ3v) is 3.49. The molecule has 2 heteroatoms. The Morgan fingerprint density at radius 2 is 1.85 bits per heavy atom. The lowest BCUT2D eigenvalue weighted by Gasteiger charge is -2.29. The average molecular weight is 182 g/mol. The summed E-state index contributed by atoms with van der Waals surface area (Å²) in [5.41, 5.74) is 0. The Kier molecular flexibility index (Phi) is 3.62. The maximum Gasteiger partial charge on any atom is 0.0317 e. The highest BCUT2D eigenvalue weighted by Crippen LogP contribution is 2.25. The van der Waals surface area contributed by atoms with E-state index in [2.05, 4.69) is 10.6 Å². The van der Waals surface area contributed by atoms with E-state index in [4.69, 9.17) is 0 Å². The molecule has 0 amide bonds. The second kappa shape index (κ2) is 4.97. The van der Waals surface area contributed by atoms with Crippen molar-refractivity contribution >= 4 is 0 Å². The summed E-state index contributed by atoms with van der Waals surface area (Å²) in [5, 5.41) is 6.89. The third kappa shape index (κ3) is 2.96. The molecule has 2 rings (SSSR count). The van der Waals surface area contributed by atoms with Crippen LogP contribution in [0.15, 0.2) is 0 Å². The van der Waals surface area contributed by atoms with Crippen LogP contribution >= 0.6 is 0 Å². The van der Waals surface area contributed by atoms with Crippen LogP contribution in [0.3, 0.4) is 0 Å². The van der Waals surface area contributed by atoms with Crippen LogP contribution in [0.2, 0.25) is 0 Å². The highest BCUT2D eigenvalue weighted by atomic mass is 15.1. The number of nitrogens with one attached hydrogen (secondary N) is 2.